The Bertz CT molecular complexity index is 582. The van der Waals surface area contributed by atoms with Crippen molar-refractivity contribution in [3.05, 3.63) is 35.0 Å². The molecule has 0 heterocycles. The van der Waals surface area contributed by atoms with Gasteiger partial charge in [-0.05, 0) is 58.9 Å². The first-order chi connectivity index (χ1) is 9.01. The molecule has 0 aliphatic carbocycles. The van der Waals surface area contributed by atoms with Crippen molar-refractivity contribution in [2.45, 2.75) is 51.1 Å². The van der Waals surface area contributed by atoms with Crippen LogP contribution in [-0.2, 0) is 10.0 Å². The van der Waals surface area contributed by atoms with E-state index in [4.69, 9.17) is 0 Å². The van der Waals surface area contributed by atoms with Crippen LogP contribution in [0.15, 0.2) is 29.2 Å². The lowest BCUT2D eigenvalue weighted by molar-refractivity contribution is -0.487. The molecule has 0 aliphatic heterocycles. The predicted octanol–water partition coefficient (Wildman–Crippen LogP) is 2.10. The summed E-state index contributed by atoms with van der Waals surface area (Å²) >= 11 is 0. The average Bonchev–Trinajstić information content (AvgIpc) is 2.26. The summed E-state index contributed by atoms with van der Waals surface area (Å²) in [7, 11) is -3.54. The maximum atomic E-state index is 12.1. The van der Waals surface area contributed by atoms with E-state index in [1.165, 1.54) is 18.3 Å². The van der Waals surface area contributed by atoms with Crippen LogP contribution in [0.2, 0.25) is 0 Å². The van der Waals surface area contributed by atoms with E-state index in [2.05, 4.69) is 4.72 Å². The molecule has 0 radical (unpaired) electrons. The number of sulfonamides is 1. The van der Waals surface area contributed by atoms with Crippen molar-refractivity contribution in [2.24, 2.45) is 0 Å². The Hall–Kier alpha value is -1.40. The molecule has 0 aromatic heterocycles. The van der Waals surface area contributed by atoms with Crippen molar-refractivity contribution in [1.82, 2.24) is 4.72 Å². The summed E-state index contributed by atoms with van der Waals surface area (Å²) < 4.78 is 27.6. The van der Waals surface area contributed by atoms with Crippen LogP contribution in [0.3, 0.4) is 0 Å². The fourth-order valence-corrected chi connectivity index (χ4v) is 2.91. The second kappa shape index (κ2) is 5.93. The Labute approximate surface area is 121 Å². The summed E-state index contributed by atoms with van der Waals surface area (Å²) in [6.45, 7) is 8.92. The smallest absolute Gasteiger partial charge is 0.241 e. The molecule has 0 aliphatic rings. The van der Waals surface area contributed by atoms with Crippen molar-refractivity contribution >= 4 is 16.2 Å². The van der Waals surface area contributed by atoms with Gasteiger partial charge < -0.3 is 5.21 Å². The summed E-state index contributed by atoms with van der Waals surface area (Å²) in [6.07, 6.45) is 1.44. The van der Waals surface area contributed by atoms with Gasteiger partial charge in [-0.2, -0.15) is 0 Å². The SMILES string of the molecule is CC(C)[N+]([O-])=Cc1ccc(S(=O)(=O)NC(C)(C)C)cc1. The second-order valence-corrected chi connectivity index (χ2v) is 7.69. The fourth-order valence-electron chi connectivity index (χ4n) is 1.49. The normalized spacial score (nSPS) is 13.8. The van der Waals surface area contributed by atoms with Crippen molar-refractivity contribution in [3.8, 4) is 0 Å². The standard InChI is InChI=1S/C14H22N2O3S/c1-11(2)16(17)10-12-6-8-13(9-7-12)20(18,19)15-14(3,4)5/h6-11,15H,1-5H3. The van der Waals surface area contributed by atoms with Crippen LogP contribution in [0.1, 0.15) is 40.2 Å². The molecule has 0 atom stereocenters. The van der Waals surface area contributed by atoms with Crippen LogP contribution in [0.25, 0.3) is 0 Å². The Kier molecular flexibility index (Phi) is 4.94. The molecule has 0 saturated carbocycles. The molecule has 0 unspecified atom stereocenters. The van der Waals surface area contributed by atoms with E-state index in [1.54, 1.807) is 46.8 Å². The zero-order valence-corrected chi connectivity index (χ0v) is 13.4. The molecule has 1 rings (SSSR count). The van der Waals surface area contributed by atoms with Gasteiger partial charge in [0.1, 0.15) is 0 Å². The minimum Gasteiger partial charge on any atom is -0.624 e. The Morgan fingerprint density at radius 1 is 1.20 bits per heavy atom. The van der Waals surface area contributed by atoms with Crippen LogP contribution < -0.4 is 4.72 Å². The zero-order valence-electron chi connectivity index (χ0n) is 12.5. The lowest BCUT2D eigenvalue weighted by Gasteiger charge is -2.20. The van der Waals surface area contributed by atoms with E-state index in [1.807, 2.05) is 0 Å². The molecular weight excluding hydrogens is 276 g/mol. The quantitative estimate of drug-likeness (QED) is 0.400. The van der Waals surface area contributed by atoms with Crippen LogP contribution in [-0.4, -0.2) is 31.0 Å². The zero-order chi connectivity index (χ0) is 15.6. The van der Waals surface area contributed by atoms with Crippen molar-refractivity contribution < 1.29 is 13.2 Å². The first-order valence-corrected chi connectivity index (χ1v) is 7.94. The predicted molar refractivity (Wildman–Crippen MR) is 80.4 cm³/mol. The summed E-state index contributed by atoms with van der Waals surface area (Å²) in [6, 6.07) is 6.07. The lowest BCUT2D eigenvalue weighted by Crippen LogP contribution is -2.40. The molecule has 0 amide bonds. The number of rotatable bonds is 4. The molecule has 1 aromatic carbocycles. The molecule has 0 bridgehead atoms. The van der Waals surface area contributed by atoms with Crippen molar-refractivity contribution in [1.29, 1.82) is 0 Å². The van der Waals surface area contributed by atoms with Gasteiger partial charge in [0.05, 0.1) is 4.90 Å². The van der Waals surface area contributed by atoms with Gasteiger partial charge in [0, 0.05) is 11.1 Å². The van der Waals surface area contributed by atoms with Gasteiger partial charge in [-0.3, -0.25) is 0 Å². The third kappa shape index (κ3) is 4.94. The summed E-state index contributed by atoms with van der Waals surface area (Å²) in [4.78, 5) is 0.187. The highest BCUT2D eigenvalue weighted by Gasteiger charge is 2.21. The highest BCUT2D eigenvalue weighted by molar-refractivity contribution is 7.89. The van der Waals surface area contributed by atoms with Crippen LogP contribution in [0, 0.1) is 5.21 Å². The monoisotopic (exact) mass is 298 g/mol. The van der Waals surface area contributed by atoms with Gasteiger partial charge >= 0.3 is 0 Å². The maximum Gasteiger partial charge on any atom is 0.241 e. The van der Waals surface area contributed by atoms with Gasteiger partial charge in [-0.1, -0.05) is 0 Å². The number of hydrogen-bond acceptors (Lipinski definition) is 3. The lowest BCUT2D eigenvalue weighted by atomic mass is 10.1. The average molecular weight is 298 g/mol. The topological polar surface area (TPSA) is 72.2 Å². The first-order valence-electron chi connectivity index (χ1n) is 6.46. The number of hydroxylamine groups is 1. The van der Waals surface area contributed by atoms with Crippen LogP contribution in [0.5, 0.6) is 0 Å². The number of nitrogens with zero attached hydrogens (tertiary/aromatic N) is 1. The van der Waals surface area contributed by atoms with E-state index >= 15 is 0 Å². The molecule has 0 fully saturated rings. The minimum absolute atomic E-state index is 0.152. The second-order valence-electron chi connectivity index (χ2n) is 6.01. The van der Waals surface area contributed by atoms with Gasteiger partial charge in [-0.15, -0.1) is 0 Å². The summed E-state index contributed by atoms with van der Waals surface area (Å²) in [5.74, 6) is 0. The van der Waals surface area contributed by atoms with E-state index in [9.17, 15) is 13.6 Å². The van der Waals surface area contributed by atoms with Gasteiger partial charge in [-0.25, -0.2) is 17.9 Å². The molecule has 112 valence electrons. The first kappa shape index (κ1) is 16.7. The molecular formula is C14H22N2O3S. The molecule has 6 heteroatoms. The van der Waals surface area contributed by atoms with Crippen molar-refractivity contribution in [3.63, 3.8) is 0 Å². The number of nitrogens with one attached hydrogen (secondary N) is 1. The van der Waals surface area contributed by atoms with E-state index in [-0.39, 0.29) is 10.9 Å². The largest absolute Gasteiger partial charge is 0.624 e. The Morgan fingerprint density at radius 3 is 2.10 bits per heavy atom. The maximum absolute atomic E-state index is 12.1. The number of hydrogen-bond donors (Lipinski definition) is 1. The third-order valence-electron chi connectivity index (χ3n) is 2.42. The highest BCUT2D eigenvalue weighted by atomic mass is 32.2. The molecule has 0 saturated heterocycles. The van der Waals surface area contributed by atoms with Crippen LogP contribution in [0.4, 0.5) is 0 Å². The molecule has 20 heavy (non-hydrogen) atoms. The summed E-state index contributed by atoms with van der Waals surface area (Å²) in [5, 5.41) is 11.5. The third-order valence-corrected chi connectivity index (χ3v) is 4.19. The molecule has 0 spiro atoms. The molecule has 1 aromatic rings. The van der Waals surface area contributed by atoms with Gasteiger partial charge in [0.25, 0.3) is 0 Å². The highest BCUT2D eigenvalue weighted by Crippen LogP contribution is 2.13. The summed E-state index contributed by atoms with van der Waals surface area (Å²) in [5.41, 5.74) is 0.135. The Morgan fingerprint density at radius 2 is 1.70 bits per heavy atom. The minimum atomic E-state index is -3.54. The van der Waals surface area contributed by atoms with Crippen LogP contribution >= 0.6 is 0 Å². The Balaban J connectivity index is 3.00. The fraction of sp³-hybridized carbons (Fsp3) is 0.500. The van der Waals surface area contributed by atoms with Gasteiger partial charge in [0.2, 0.25) is 10.0 Å². The van der Waals surface area contributed by atoms with Crippen molar-refractivity contribution in [2.75, 3.05) is 0 Å². The van der Waals surface area contributed by atoms with E-state index in [0.29, 0.717) is 5.56 Å². The van der Waals surface area contributed by atoms with E-state index < -0.39 is 15.6 Å². The molecule has 1 N–H and O–H groups in total. The van der Waals surface area contributed by atoms with Gasteiger partial charge in [0.15, 0.2) is 12.3 Å². The number of benzene rings is 1. The van der Waals surface area contributed by atoms with E-state index in [0.717, 1.165) is 4.74 Å². The molecule has 5 nitrogen and oxygen atoms in total.